The van der Waals surface area contributed by atoms with Gasteiger partial charge < -0.3 is 18.9 Å². The summed E-state index contributed by atoms with van der Waals surface area (Å²) in [5.41, 5.74) is 2.12. The van der Waals surface area contributed by atoms with Crippen LogP contribution in [-0.4, -0.2) is 88.1 Å². The number of benzene rings is 4. The molecule has 4 aromatic carbocycles. The molecule has 0 aliphatic rings. The van der Waals surface area contributed by atoms with E-state index in [-0.39, 0.29) is 25.0 Å². The summed E-state index contributed by atoms with van der Waals surface area (Å²) < 4.78 is 24.3. The lowest BCUT2D eigenvalue weighted by atomic mass is 9.97. The highest BCUT2D eigenvalue weighted by Gasteiger charge is 2.35. The number of esters is 2. The van der Waals surface area contributed by atoms with Crippen LogP contribution in [0.5, 0.6) is 11.5 Å². The van der Waals surface area contributed by atoms with Crippen LogP contribution in [0.3, 0.4) is 0 Å². The predicted octanol–water partition coefficient (Wildman–Crippen LogP) is 7.17. The molecule has 0 fully saturated rings. The molecule has 8 nitrogen and oxygen atoms in total. The summed E-state index contributed by atoms with van der Waals surface area (Å²) in [4.78, 5) is 32.9. The lowest BCUT2D eigenvalue weighted by Crippen LogP contribution is -2.47. The molecule has 0 aromatic heterocycles. The number of hydrogen-bond acceptors (Lipinski definition) is 10. The third kappa shape index (κ3) is 12.1. The first-order valence-corrected chi connectivity index (χ1v) is 19.0. The third-order valence-corrected chi connectivity index (χ3v) is 9.66. The Labute approximate surface area is 305 Å². The zero-order valence-corrected chi connectivity index (χ0v) is 31.3. The molecule has 4 atom stereocenters. The molecule has 4 rings (SSSR count). The van der Waals surface area contributed by atoms with Crippen molar-refractivity contribution in [2.75, 3.05) is 53.9 Å². The number of thioether (sulfide) groups is 2. The maximum absolute atomic E-state index is 13.5. The largest absolute Gasteiger partial charge is 0.493 e. The monoisotopic (exact) mass is 716 g/mol. The van der Waals surface area contributed by atoms with E-state index in [1.165, 1.54) is 0 Å². The molecule has 0 saturated carbocycles. The molecule has 0 aliphatic heterocycles. The Balaban J connectivity index is 1.50. The number of rotatable bonds is 18. The molecule has 10 heteroatoms. The van der Waals surface area contributed by atoms with Gasteiger partial charge in [0.15, 0.2) is 12.5 Å². The first-order chi connectivity index (χ1) is 24.2. The molecule has 0 N–H and O–H groups in total. The summed E-state index contributed by atoms with van der Waals surface area (Å²) in [6.45, 7) is 0.515. The minimum atomic E-state index is -1.06. The van der Waals surface area contributed by atoms with Gasteiger partial charge in [0, 0.05) is 21.6 Å². The van der Waals surface area contributed by atoms with Gasteiger partial charge in [0.2, 0.25) is 0 Å². The second-order valence-electron chi connectivity index (χ2n) is 12.4. The molecule has 0 amide bonds. The van der Waals surface area contributed by atoms with Gasteiger partial charge in [-0.2, -0.15) is 0 Å². The van der Waals surface area contributed by atoms with Crippen LogP contribution in [0.15, 0.2) is 119 Å². The van der Waals surface area contributed by atoms with Crippen LogP contribution >= 0.6 is 23.5 Å². The molecule has 0 aliphatic carbocycles. The number of ether oxygens (including phenoxy) is 4. The molecule has 0 bridgehead atoms. The van der Waals surface area contributed by atoms with Crippen LogP contribution < -0.4 is 9.47 Å². The second kappa shape index (κ2) is 20.0. The molecule has 0 heterocycles. The van der Waals surface area contributed by atoms with E-state index in [2.05, 4.69) is 0 Å². The average Bonchev–Trinajstić information content (AvgIpc) is 3.14. The maximum Gasteiger partial charge on any atom is 0.419 e. The van der Waals surface area contributed by atoms with Gasteiger partial charge in [-0.3, -0.25) is 9.80 Å². The molecular weight excluding hydrogens is 669 g/mol. The van der Waals surface area contributed by atoms with Gasteiger partial charge in [0.05, 0.1) is 13.2 Å². The van der Waals surface area contributed by atoms with E-state index in [4.69, 9.17) is 18.9 Å². The zero-order chi connectivity index (χ0) is 35.9. The summed E-state index contributed by atoms with van der Waals surface area (Å²) >= 11 is 3.32. The van der Waals surface area contributed by atoms with Gasteiger partial charge in [-0.1, -0.05) is 60.7 Å². The SMILES string of the molecule is CSc1ccc(OCC(Cc2ccccc2)C(OC(=O)C(=O)OC(C(COc2ccc(SC)cc2)Cc2ccccc2)N(C)C)N(C)C)cc1. The van der Waals surface area contributed by atoms with Crippen LogP contribution in [0.1, 0.15) is 11.1 Å². The standard InChI is InChI=1S/C40H48N2O6S2/c1-41(2)37(31(25-29-13-9-7-10-14-29)27-45-33-17-21-35(49-5)22-18-33)47-39(43)40(44)48-38(42(3)4)32(26-30-15-11-8-12-16-30)28-46-34-19-23-36(50-6)24-20-34/h7-24,31-32,37-38H,25-28H2,1-6H3. The van der Waals surface area contributed by atoms with Gasteiger partial charge in [0.1, 0.15) is 11.5 Å². The number of carbonyl (C=O) groups excluding carboxylic acids is 2. The highest BCUT2D eigenvalue weighted by atomic mass is 32.2. The van der Waals surface area contributed by atoms with Crippen molar-refractivity contribution >= 4 is 35.5 Å². The fourth-order valence-electron chi connectivity index (χ4n) is 5.63. The summed E-state index contributed by atoms with van der Waals surface area (Å²) in [5, 5.41) is 0. The van der Waals surface area contributed by atoms with Crippen LogP contribution in [0, 0.1) is 11.8 Å². The number of hydrogen-bond donors (Lipinski definition) is 0. The number of nitrogens with zero attached hydrogens (tertiary/aromatic N) is 2. The Hall–Kier alpha value is -3.96. The molecule has 4 aromatic rings. The van der Waals surface area contributed by atoms with Crippen LogP contribution in [-0.2, 0) is 31.9 Å². The van der Waals surface area contributed by atoms with E-state index < -0.39 is 24.4 Å². The molecule has 0 radical (unpaired) electrons. The van der Waals surface area contributed by atoms with Gasteiger partial charge >= 0.3 is 11.9 Å². The van der Waals surface area contributed by atoms with Gasteiger partial charge in [-0.25, -0.2) is 9.59 Å². The van der Waals surface area contributed by atoms with Gasteiger partial charge in [0.25, 0.3) is 0 Å². The first kappa shape index (κ1) is 38.8. The molecule has 50 heavy (non-hydrogen) atoms. The summed E-state index contributed by atoms with van der Waals surface area (Å²) in [5.74, 6) is -1.30. The Bertz CT molecular complexity index is 1470. The normalized spacial score (nSPS) is 13.7. The van der Waals surface area contributed by atoms with Crippen molar-refractivity contribution in [1.29, 1.82) is 0 Å². The Morgan fingerprint density at radius 3 is 1.18 bits per heavy atom. The average molecular weight is 717 g/mol. The zero-order valence-electron chi connectivity index (χ0n) is 29.7. The van der Waals surface area contributed by atoms with E-state index >= 15 is 0 Å². The third-order valence-electron chi connectivity index (χ3n) is 8.18. The van der Waals surface area contributed by atoms with Crippen molar-refractivity contribution in [3.63, 3.8) is 0 Å². The fourth-order valence-corrected chi connectivity index (χ4v) is 6.45. The van der Waals surface area contributed by atoms with E-state index in [1.54, 1.807) is 33.3 Å². The van der Waals surface area contributed by atoms with Crippen LogP contribution in [0.2, 0.25) is 0 Å². The highest BCUT2D eigenvalue weighted by molar-refractivity contribution is 7.98. The smallest absolute Gasteiger partial charge is 0.419 e. The minimum absolute atomic E-state index is 0.257. The van der Waals surface area contributed by atoms with Crippen molar-refractivity contribution in [2.24, 2.45) is 11.8 Å². The maximum atomic E-state index is 13.5. The first-order valence-electron chi connectivity index (χ1n) is 16.5. The summed E-state index contributed by atoms with van der Waals surface area (Å²) in [7, 11) is 7.26. The fraction of sp³-hybridized carbons (Fsp3) is 0.350. The molecule has 4 unspecified atom stereocenters. The lowest BCUT2D eigenvalue weighted by Gasteiger charge is -2.33. The van der Waals surface area contributed by atoms with E-state index in [0.717, 1.165) is 20.9 Å². The van der Waals surface area contributed by atoms with Crippen LogP contribution in [0.4, 0.5) is 0 Å². The lowest BCUT2D eigenvalue weighted by molar-refractivity contribution is -0.189. The van der Waals surface area contributed by atoms with E-state index in [1.807, 2.05) is 150 Å². The Kier molecular flexibility index (Phi) is 15.6. The van der Waals surface area contributed by atoms with Gasteiger partial charge in [-0.15, -0.1) is 23.5 Å². The Morgan fingerprint density at radius 1 is 0.540 bits per heavy atom. The predicted molar refractivity (Wildman–Crippen MR) is 202 cm³/mol. The summed E-state index contributed by atoms with van der Waals surface area (Å²) in [6, 6.07) is 35.6. The second-order valence-corrected chi connectivity index (χ2v) is 14.2. The molecule has 0 saturated heterocycles. The Morgan fingerprint density at radius 2 is 0.880 bits per heavy atom. The molecule has 0 spiro atoms. The van der Waals surface area contributed by atoms with E-state index in [9.17, 15) is 9.59 Å². The molecule has 266 valence electrons. The highest BCUT2D eigenvalue weighted by Crippen LogP contribution is 2.25. The van der Waals surface area contributed by atoms with Crippen LogP contribution in [0.25, 0.3) is 0 Å². The number of carbonyl (C=O) groups is 2. The van der Waals surface area contributed by atoms with E-state index in [0.29, 0.717) is 24.3 Å². The minimum Gasteiger partial charge on any atom is -0.493 e. The van der Waals surface area contributed by atoms with Crippen molar-refractivity contribution in [1.82, 2.24) is 9.80 Å². The van der Waals surface area contributed by atoms with Crippen molar-refractivity contribution < 1.29 is 28.5 Å². The van der Waals surface area contributed by atoms with Gasteiger partial charge in [-0.05, 0) is 113 Å². The summed E-state index contributed by atoms with van der Waals surface area (Å²) in [6.07, 6.45) is 3.62. The topological polar surface area (TPSA) is 77.5 Å². The van der Waals surface area contributed by atoms with Crippen molar-refractivity contribution in [2.45, 2.75) is 35.1 Å². The molecular formula is C40H48N2O6S2. The quantitative estimate of drug-likeness (QED) is 0.0458. The van der Waals surface area contributed by atoms with Crippen molar-refractivity contribution in [3.8, 4) is 11.5 Å². The van der Waals surface area contributed by atoms with Crippen molar-refractivity contribution in [3.05, 3.63) is 120 Å².